The second-order valence-corrected chi connectivity index (χ2v) is 5.20. The van der Waals surface area contributed by atoms with Crippen molar-refractivity contribution in [2.24, 2.45) is 7.05 Å². The topological polar surface area (TPSA) is 44.0 Å². The van der Waals surface area contributed by atoms with E-state index < -0.39 is 0 Å². The molecule has 1 heterocycles. The molecule has 0 aromatic carbocycles. The number of rotatable bonds is 6. The summed E-state index contributed by atoms with van der Waals surface area (Å²) < 4.78 is 1.95. The highest BCUT2D eigenvalue weighted by Gasteiger charge is 2.25. The number of hydrogen-bond acceptors (Lipinski definition) is 3. The Hall–Kier alpha value is -1.31. The lowest BCUT2D eigenvalue weighted by Gasteiger charge is -2.15. The van der Waals surface area contributed by atoms with Crippen molar-refractivity contribution in [2.75, 3.05) is 20.1 Å². The van der Waals surface area contributed by atoms with Gasteiger partial charge in [0.1, 0.15) is 11.8 Å². The normalized spacial score (nSPS) is 15.1. The summed E-state index contributed by atoms with van der Waals surface area (Å²) in [4.78, 5) is 2.42. The summed E-state index contributed by atoms with van der Waals surface area (Å²) in [6.07, 6.45) is 2.72. The van der Waals surface area contributed by atoms with Gasteiger partial charge in [-0.1, -0.05) is 0 Å². The molecule has 0 unspecified atom stereocenters. The van der Waals surface area contributed by atoms with Gasteiger partial charge in [0.2, 0.25) is 0 Å². The van der Waals surface area contributed by atoms with Crippen LogP contribution in [0.1, 0.15) is 29.8 Å². The highest BCUT2D eigenvalue weighted by atomic mass is 15.2. The van der Waals surface area contributed by atoms with Crippen LogP contribution < -0.4 is 5.32 Å². The average molecular weight is 246 g/mol. The fourth-order valence-corrected chi connectivity index (χ4v) is 2.22. The minimum absolute atomic E-state index is 0.736. The van der Waals surface area contributed by atoms with Crippen LogP contribution in [0.2, 0.25) is 0 Å². The highest BCUT2D eigenvalue weighted by Crippen LogP contribution is 2.24. The molecule has 1 fully saturated rings. The van der Waals surface area contributed by atoms with Crippen LogP contribution >= 0.6 is 0 Å². The van der Waals surface area contributed by atoms with Gasteiger partial charge in [-0.25, -0.2) is 0 Å². The van der Waals surface area contributed by atoms with Crippen molar-refractivity contribution in [3.63, 3.8) is 0 Å². The van der Waals surface area contributed by atoms with Crippen molar-refractivity contribution in [1.29, 1.82) is 5.26 Å². The van der Waals surface area contributed by atoms with Crippen LogP contribution in [0.25, 0.3) is 0 Å². The van der Waals surface area contributed by atoms with E-state index in [2.05, 4.69) is 30.3 Å². The molecule has 18 heavy (non-hydrogen) atoms. The molecular formula is C14H22N4. The van der Waals surface area contributed by atoms with E-state index >= 15 is 0 Å². The maximum absolute atomic E-state index is 8.97. The molecule has 1 aliphatic rings. The van der Waals surface area contributed by atoms with Crippen LogP contribution in [0.3, 0.4) is 0 Å². The standard InChI is InChI=1S/C14H22N4/c1-11-12(8-14(9-15)18(11)3)10-16-6-7-17(2)13-4-5-13/h8,13,16H,4-7,10H2,1-3H3. The van der Waals surface area contributed by atoms with Crippen LogP contribution in [-0.2, 0) is 13.6 Å². The first kappa shape index (κ1) is 13.1. The van der Waals surface area contributed by atoms with Gasteiger partial charge in [0.25, 0.3) is 0 Å². The lowest BCUT2D eigenvalue weighted by Crippen LogP contribution is -2.30. The number of likely N-dealkylation sites (N-methyl/N-ethyl adjacent to an activating group) is 1. The molecule has 4 nitrogen and oxygen atoms in total. The Bertz CT molecular complexity index is 451. The average Bonchev–Trinajstić information content (AvgIpc) is 3.17. The molecule has 0 bridgehead atoms. The third kappa shape index (κ3) is 2.92. The van der Waals surface area contributed by atoms with E-state index in [9.17, 15) is 0 Å². The van der Waals surface area contributed by atoms with Crippen molar-refractivity contribution >= 4 is 0 Å². The maximum Gasteiger partial charge on any atom is 0.120 e. The Balaban J connectivity index is 1.77. The highest BCUT2D eigenvalue weighted by molar-refractivity contribution is 5.33. The van der Waals surface area contributed by atoms with Gasteiger partial charge in [0, 0.05) is 38.4 Å². The smallest absolute Gasteiger partial charge is 0.120 e. The predicted octanol–water partition coefficient (Wildman–Crippen LogP) is 1.39. The van der Waals surface area contributed by atoms with E-state index in [1.165, 1.54) is 24.1 Å². The summed E-state index contributed by atoms with van der Waals surface area (Å²) in [6.45, 7) is 5.01. The molecular weight excluding hydrogens is 224 g/mol. The maximum atomic E-state index is 8.97. The van der Waals surface area contributed by atoms with Gasteiger partial charge in [0.05, 0.1) is 0 Å². The van der Waals surface area contributed by atoms with Gasteiger partial charge in [-0.15, -0.1) is 0 Å². The fourth-order valence-electron chi connectivity index (χ4n) is 2.22. The molecule has 1 aliphatic carbocycles. The van der Waals surface area contributed by atoms with Gasteiger partial charge >= 0.3 is 0 Å². The van der Waals surface area contributed by atoms with E-state index in [1.807, 2.05) is 17.7 Å². The number of nitrogens with one attached hydrogen (secondary N) is 1. The molecule has 0 atom stereocenters. The van der Waals surface area contributed by atoms with E-state index in [-0.39, 0.29) is 0 Å². The zero-order valence-electron chi connectivity index (χ0n) is 11.5. The molecule has 0 amide bonds. The third-order valence-corrected chi connectivity index (χ3v) is 3.88. The van der Waals surface area contributed by atoms with E-state index in [4.69, 9.17) is 5.26 Å². The molecule has 0 aliphatic heterocycles. The van der Waals surface area contributed by atoms with Crippen molar-refractivity contribution in [3.05, 3.63) is 23.0 Å². The van der Waals surface area contributed by atoms with Gasteiger partial charge in [0.15, 0.2) is 0 Å². The predicted molar refractivity (Wildman–Crippen MR) is 72.2 cm³/mol. The van der Waals surface area contributed by atoms with Gasteiger partial charge in [-0.3, -0.25) is 0 Å². The molecule has 2 rings (SSSR count). The zero-order valence-corrected chi connectivity index (χ0v) is 11.5. The zero-order chi connectivity index (χ0) is 13.1. The number of nitrogens with zero attached hydrogens (tertiary/aromatic N) is 3. The molecule has 1 N–H and O–H groups in total. The molecule has 0 spiro atoms. The Labute approximate surface area is 109 Å². The van der Waals surface area contributed by atoms with Crippen molar-refractivity contribution in [2.45, 2.75) is 32.4 Å². The van der Waals surface area contributed by atoms with E-state index in [1.54, 1.807) is 0 Å². The van der Waals surface area contributed by atoms with Crippen LogP contribution in [0.15, 0.2) is 6.07 Å². The van der Waals surface area contributed by atoms with Crippen LogP contribution in [0.4, 0.5) is 0 Å². The van der Waals surface area contributed by atoms with Gasteiger partial charge in [-0.2, -0.15) is 5.26 Å². The van der Waals surface area contributed by atoms with E-state index in [0.29, 0.717) is 0 Å². The first-order valence-electron chi connectivity index (χ1n) is 6.59. The summed E-state index contributed by atoms with van der Waals surface area (Å²) in [5, 5.41) is 12.4. The van der Waals surface area contributed by atoms with Crippen molar-refractivity contribution in [1.82, 2.24) is 14.8 Å². The first-order chi connectivity index (χ1) is 8.63. The van der Waals surface area contributed by atoms with Crippen LogP contribution in [0.5, 0.6) is 0 Å². The third-order valence-electron chi connectivity index (χ3n) is 3.88. The van der Waals surface area contributed by atoms with Crippen LogP contribution in [-0.4, -0.2) is 35.6 Å². The second kappa shape index (κ2) is 5.55. The molecule has 0 saturated heterocycles. The lowest BCUT2D eigenvalue weighted by atomic mass is 10.2. The molecule has 1 saturated carbocycles. The summed E-state index contributed by atoms with van der Waals surface area (Å²) >= 11 is 0. The minimum Gasteiger partial charge on any atom is -0.340 e. The Morgan fingerprint density at radius 1 is 1.56 bits per heavy atom. The Kier molecular flexibility index (Phi) is 4.05. The van der Waals surface area contributed by atoms with Gasteiger partial charge < -0.3 is 14.8 Å². The van der Waals surface area contributed by atoms with Crippen LogP contribution in [0, 0.1) is 18.3 Å². The quantitative estimate of drug-likeness (QED) is 0.771. The summed E-state index contributed by atoms with van der Waals surface area (Å²) in [5.74, 6) is 0. The SMILES string of the molecule is Cc1c(CNCCN(C)C2CC2)cc(C#N)n1C. The molecule has 0 radical (unpaired) electrons. The number of hydrogen-bond donors (Lipinski definition) is 1. The summed E-state index contributed by atoms with van der Waals surface area (Å²) in [6, 6.07) is 5.02. The molecule has 98 valence electrons. The van der Waals surface area contributed by atoms with Gasteiger partial charge in [-0.05, 0) is 38.4 Å². The first-order valence-corrected chi connectivity index (χ1v) is 6.59. The molecule has 4 heteroatoms. The number of aromatic nitrogens is 1. The second-order valence-electron chi connectivity index (χ2n) is 5.20. The van der Waals surface area contributed by atoms with E-state index in [0.717, 1.165) is 31.4 Å². The monoisotopic (exact) mass is 246 g/mol. The Morgan fingerprint density at radius 3 is 2.83 bits per heavy atom. The number of nitriles is 1. The van der Waals surface area contributed by atoms with Crippen molar-refractivity contribution in [3.8, 4) is 6.07 Å². The molecule has 1 aromatic rings. The Morgan fingerprint density at radius 2 is 2.28 bits per heavy atom. The minimum atomic E-state index is 0.736. The fraction of sp³-hybridized carbons (Fsp3) is 0.643. The summed E-state index contributed by atoms with van der Waals surface area (Å²) in [5.41, 5.74) is 3.14. The largest absolute Gasteiger partial charge is 0.340 e. The van der Waals surface area contributed by atoms with Crippen molar-refractivity contribution < 1.29 is 0 Å². The lowest BCUT2D eigenvalue weighted by molar-refractivity contribution is 0.321. The molecule has 1 aromatic heterocycles. The summed E-state index contributed by atoms with van der Waals surface area (Å²) in [7, 11) is 4.14.